The maximum atomic E-state index is 5.45. The fourth-order valence-electron chi connectivity index (χ4n) is 1.89. The highest BCUT2D eigenvalue weighted by molar-refractivity contribution is 14.0. The fraction of sp³-hybridized carbons (Fsp3) is 0.562. The molecule has 0 fully saturated rings. The van der Waals surface area contributed by atoms with E-state index in [-0.39, 0.29) is 24.0 Å². The van der Waals surface area contributed by atoms with Gasteiger partial charge in [-0.15, -0.1) is 24.0 Å². The van der Waals surface area contributed by atoms with Gasteiger partial charge in [-0.05, 0) is 30.5 Å². The van der Waals surface area contributed by atoms with Crippen LogP contribution in [-0.4, -0.2) is 38.1 Å². The van der Waals surface area contributed by atoms with Gasteiger partial charge in [0.1, 0.15) is 5.75 Å². The molecule has 0 saturated carbocycles. The second-order valence-electron chi connectivity index (χ2n) is 5.25. The van der Waals surface area contributed by atoms with Crippen LogP contribution in [0.2, 0.25) is 0 Å². The SMILES string of the molecule is CCOc1ccc(CN(C)C(=NC)NCC(C)C)cc1.I. The number of rotatable bonds is 6. The van der Waals surface area contributed by atoms with Crippen molar-refractivity contribution in [3.63, 3.8) is 0 Å². The lowest BCUT2D eigenvalue weighted by molar-refractivity contribution is 0.340. The fourth-order valence-corrected chi connectivity index (χ4v) is 1.89. The molecule has 0 spiro atoms. The lowest BCUT2D eigenvalue weighted by Gasteiger charge is -2.23. The van der Waals surface area contributed by atoms with Gasteiger partial charge >= 0.3 is 0 Å². The summed E-state index contributed by atoms with van der Waals surface area (Å²) in [5, 5.41) is 3.37. The van der Waals surface area contributed by atoms with Crippen LogP contribution in [0.4, 0.5) is 0 Å². The molecule has 1 aromatic rings. The van der Waals surface area contributed by atoms with Gasteiger partial charge in [0.05, 0.1) is 6.61 Å². The summed E-state index contributed by atoms with van der Waals surface area (Å²) in [6.07, 6.45) is 0. The highest BCUT2D eigenvalue weighted by Crippen LogP contribution is 2.13. The van der Waals surface area contributed by atoms with E-state index in [1.807, 2.05) is 33.2 Å². The van der Waals surface area contributed by atoms with E-state index < -0.39 is 0 Å². The predicted octanol–water partition coefficient (Wildman–Crippen LogP) is 3.37. The molecule has 0 atom stereocenters. The Hall–Kier alpha value is -0.980. The van der Waals surface area contributed by atoms with Gasteiger partial charge < -0.3 is 15.0 Å². The molecule has 120 valence electrons. The normalized spacial score (nSPS) is 11.0. The van der Waals surface area contributed by atoms with Gasteiger partial charge in [-0.25, -0.2) is 0 Å². The van der Waals surface area contributed by atoms with Crippen LogP contribution in [0.3, 0.4) is 0 Å². The molecule has 0 saturated heterocycles. The minimum absolute atomic E-state index is 0. The molecule has 5 heteroatoms. The number of hydrogen-bond donors (Lipinski definition) is 1. The van der Waals surface area contributed by atoms with E-state index in [0.717, 1.165) is 24.8 Å². The predicted molar refractivity (Wildman–Crippen MR) is 101 cm³/mol. The van der Waals surface area contributed by atoms with Gasteiger partial charge in [0, 0.05) is 27.2 Å². The average Bonchev–Trinajstić information content (AvgIpc) is 2.41. The molecule has 0 aliphatic rings. The molecule has 0 aliphatic heterocycles. The maximum Gasteiger partial charge on any atom is 0.193 e. The van der Waals surface area contributed by atoms with Gasteiger partial charge in [0.25, 0.3) is 0 Å². The van der Waals surface area contributed by atoms with Crippen LogP contribution >= 0.6 is 24.0 Å². The second-order valence-corrected chi connectivity index (χ2v) is 5.25. The van der Waals surface area contributed by atoms with E-state index in [1.165, 1.54) is 5.56 Å². The lowest BCUT2D eigenvalue weighted by atomic mass is 10.2. The highest BCUT2D eigenvalue weighted by atomic mass is 127. The van der Waals surface area contributed by atoms with Gasteiger partial charge in [0.15, 0.2) is 5.96 Å². The topological polar surface area (TPSA) is 36.9 Å². The molecule has 0 unspecified atom stereocenters. The molecule has 1 rings (SSSR count). The van der Waals surface area contributed by atoms with Crippen molar-refractivity contribution in [2.45, 2.75) is 27.3 Å². The van der Waals surface area contributed by atoms with Crippen LogP contribution < -0.4 is 10.1 Å². The van der Waals surface area contributed by atoms with Crippen LogP contribution in [0.15, 0.2) is 29.3 Å². The molecule has 1 aromatic carbocycles. The Labute approximate surface area is 146 Å². The van der Waals surface area contributed by atoms with Crippen molar-refractivity contribution < 1.29 is 4.74 Å². The second kappa shape index (κ2) is 10.7. The van der Waals surface area contributed by atoms with Crippen molar-refractivity contribution in [3.05, 3.63) is 29.8 Å². The summed E-state index contributed by atoms with van der Waals surface area (Å²) in [5.41, 5.74) is 1.24. The summed E-state index contributed by atoms with van der Waals surface area (Å²) in [6.45, 7) is 8.82. The number of guanidine groups is 1. The summed E-state index contributed by atoms with van der Waals surface area (Å²) in [5.74, 6) is 2.44. The number of nitrogens with one attached hydrogen (secondary N) is 1. The number of ether oxygens (including phenoxy) is 1. The monoisotopic (exact) mass is 405 g/mol. The van der Waals surface area contributed by atoms with Crippen LogP contribution in [0.5, 0.6) is 5.75 Å². The summed E-state index contributed by atoms with van der Waals surface area (Å²) in [7, 11) is 3.86. The molecular weight excluding hydrogens is 377 g/mol. The Kier molecular flexibility index (Phi) is 10.2. The third-order valence-corrected chi connectivity index (χ3v) is 2.90. The quantitative estimate of drug-likeness (QED) is 0.448. The standard InChI is InChI=1S/C16H27N3O.HI/c1-6-20-15-9-7-14(8-10-15)12-19(5)16(17-4)18-11-13(2)3;/h7-10,13H,6,11-12H2,1-5H3,(H,17,18);1H. The van der Waals surface area contributed by atoms with Crippen molar-refractivity contribution in [2.75, 3.05) is 27.2 Å². The van der Waals surface area contributed by atoms with Gasteiger partial charge in [-0.2, -0.15) is 0 Å². The van der Waals surface area contributed by atoms with Crippen molar-refractivity contribution in [1.29, 1.82) is 0 Å². The third kappa shape index (κ3) is 7.55. The number of halogens is 1. The van der Waals surface area contributed by atoms with E-state index in [1.54, 1.807) is 0 Å². The molecule has 0 radical (unpaired) electrons. The summed E-state index contributed by atoms with van der Waals surface area (Å²) in [6, 6.07) is 8.21. The van der Waals surface area contributed by atoms with E-state index in [9.17, 15) is 0 Å². The first kappa shape index (κ1) is 20.0. The number of hydrogen-bond acceptors (Lipinski definition) is 2. The first-order chi connectivity index (χ1) is 9.56. The van der Waals surface area contributed by atoms with E-state index in [2.05, 4.69) is 41.2 Å². The summed E-state index contributed by atoms with van der Waals surface area (Å²) < 4.78 is 5.45. The van der Waals surface area contributed by atoms with Gasteiger partial charge in [-0.3, -0.25) is 4.99 Å². The highest BCUT2D eigenvalue weighted by Gasteiger charge is 2.07. The van der Waals surface area contributed by atoms with Crippen LogP contribution in [0.25, 0.3) is 0 Å². The Balaban J connectivity index is 0.00000400. The first-order valence-corrected chi connectivity index (χ1v) is 7.20. The smallest absolute Gasteiger partial charge is 0.193 e. The maximum absolute atomic E-state index is 5.45. The van der Waals surface area contributed by atoms with Crippen LogP contribution in [0, 0.1) is 5.92 Å². The summed E-state index contributed by atoms with van der Waals surface area (Å²) in [4.78, 5) is 6.43. The van der Waals surface area contributed by atoms with Crippen molar-refractivity contribution in [1.82, 2.24) is 10.2 Å². The third-order valence-electron chi connectivity index (χ3n) is 2.90. The zero-order valence-electron chi connectivity index (χ0n) is 13.7. The number of nitrogens with zero attached hydrogens (tertiary/aromatic N) is 2. The largest absolute Gasteiger partial charge is 0.494 e. The Bertz CT molecular complexity index is 418. The molecule has 0 aliphatic carbocycles. The van der Waals surface area contributed by atoms with E-state index in [0.29, 0.717) is 12.5 Å². The molecule has 0 bridgehead atoms. The zero-order chi connectivity index (χ0) is 15.0. The number of benzene rings is 1. The molecule has 0 heterocycles. The first-order valence-electron chi connectivity index (χ1n) is 7.20. The average molecular weight is 405 g/mol. The Morgan fingerprint density at radius 2 is 1.90 bits per heavy atom. The van der Waals surface area contributed by atoms with E-state index >= 15 is 0 Å². The van der Waals surface area contributed by atoms with Crippen molar-refractivity contribution in [3.8, 4) is 5.75 Å². The summed E-state index contributed by atoms with van der Waals surface area (Å²) >= 11 is 0. The lowest BCUT2D eigenvalue weighted by Crippen LogP contribution is -2.40. The van der Waals surface area contributed by atoms with Crippen LogP contribution in [0.1, 0.15) is 26.3 Å². The zero-order valence-corrected chi connectivity index (χ0v) is 16.0. The van der Waals surface area contributed by atoms with Crippen molar-refractivity contribution in [2.24, 2.45) is 10.9 Å². The Morgan fingerprint density at radius 3 is 2.38 bits per heavy atom. The van der Waals surface area contributed by atoms with E-state index in [4.69, 9.17) is 4.74 Å². The molecule has 4 nitrogen and oxygen atoms in total. The Morgan fingerprint density at radius 1 is 1.29 bits per heavy atom. The van der Waals surface area contributed by atoms with Gasteiger partial charge in [-0.1, -0.05) is 26.0 Å². The minimum Gasteiger partial charge on any atom is -0.494 e. The number of aliphatic imine (C=N–C) groups is 1. The van der Waals surface area contributed by atoms with Crippen molar-refractivity contribution >= 4 is 29.9 Å². The molecule has 21 heavy (non-hydrogen) atoms. The molecule has 0 aromatic heterocycles. The molecule has 0 amide bonds. The van der Waals surface area contributed by atoms with Crippen LogP contribution in [-0.2, 0) is 6.54 Å². The molecular formula is C16H28IN3O. The molecule has 1 N–H and O–H groups in total. The minimum atomic E-state index is 0. The van der Waals surface area contributed by atoms with Gasteiger partial charge in [0.2, 0.25) is 0 Å².